The van der Waals surface area contributed by atoms with Crippen molar-refractivity contribution in [2.24, 2.45) is 0 Å². The van der Waals surface area contributed by atoms with Crippen molar-refractivity contribution in [2.45, 2.75) is 19.3 Å². The SMILES string of the molecule is Clc1nc2c([nH]1)CCCC=C2. The van der Waals surface area contributed by atoms with Crippen molar-refractivity contribution in [3.05, 3.63) is 22.7 Å². The van der Waals surface area contributed by atoms with Crippen LogP contribution < -0.4 is 0 Å². The van der Waals surface area contributed by atoms with Crippen LogP contribution >= 0.6 is 11.6 Å². The molecule has 2 nitrogen and oxygen atoms in total. The third kappa shape index (κ3) is 1.31. The Morgan fingerprint density at radius 2 is 2.45 bits per heavy atom. The molecule has 1 N–H and O–H groups in total. The van der Waals surface area contributed by atoms with Crippen molar-refractivity contribution in [2.75, 3.05) is 0 Å². The number of hydrogen-bond acceptors (Lipinski definition) is 1. The van der Waals surface area contributed by atoms with Crippen molar-refractivity contribution in [1.82, 2.24) is 9.97 Å². The summed E-state index contributed by atoms with van der Waals surface area (Å²) >= 11 is 5.70. The first-order valence-corrected chi connectivity index (χ1v) is 4.15. The van der Waals surface area contributed by atoms with Crippen LogP contribution in [-0.4, -0.2) is 9.97 Å². The lowest BCUT2D eigenvalue weighted by atomic mass is 10.2. The van der Waals surface area contributed by atoms with Gasteiger partial charge < -0.3 is 4.98 Å². The second kappa shape index (κ2) is 2.70. The minimum atomic E-state index is 0.501. The monoisotopic (exact) mass is 168 g/mol. The molecule has 1 aromatic heterocycles. The molecule has 0 saturated heterocycles. The van der Waals surface area contributed by atoms with Crippen molar-refractivity contribution in [3.63, 3.8) is 0 Å². The molecular formula is C8H9ClN2. The number of rotatable bonds is 0. The quantitative estimate of drug-likeness (QED) is 0.633. The maximum absolute atomic E-state index is 5.70. The summed E-state index contributed by atoms with van der Waals surface area (Å²) in [6.07, 6.45) is 7.56. The number of nitrogens with zero attached hydrogens (tertiary/aromatic N) is 1. The van der Waals surface area contributed by atoms with E-state index in [9.17, 15) is 0 Å². The van der Waals surface area contributed by atoms with E-state index in [2.05, 4.69) is 16.0 Å². The number of aryl methyl sites for hydroxylation is 1. The number of hydrogen-bond donors (Lipinski definition) is 1. The van der Waals surface area contributed by atoms with Crippen molar-refractivity contribution in [3.8, 4) is 0 Å². The Bertz CT molecular complexity index is 288. The number of aromatic nitrogens is 2. The highest BCUT2D eigenvalue weighted by atomic mass is 35.5. The molecule has 0 saturated carbocycles. The Hall–Kier alpha value is -0.760. The molecule has 2 rings (SSSR count). The number of fused-ring (bicyclic) bond motifs is 1. The number of nitrogens with one attached hydrogen (secondary N) is 1. The maximum atomic E-state index is 5.70. The Morgan fingerprint density at radius 3 is 3.36 bits per heavy atom. The van der Waals surface area contributed by atoms with Gasteiger partial charge in [0.2, 0.25) is 5.28 Å². The van der Waals surface area contributed by atoms with E-state index in [1.54, 1.807) is 0 Å². The summed E-state index contributed by atoms with van der Waals surface area (Å²) in [7, 11) is 0. The van der Waals surface area contributed by atoms with E-state index < -0.39 is 0 Å². The van der Waals surface area contributed by atoms with Crippen LogP contribution in [-0.2, 0) is 6.42 Å². The van der Waals surface area contributed by atoms with E-state index in [4.69, 9.17) is 11.6 Å². The predicted molar refractivity (Wildman–Crippen MR) is 45.6 cm³/mol. The summed E-state index contributed by atoms with van der Waals surface area (Å²) in [6.45, 7) is 0. The standard InChI is InChI=1S/C8H9ClN2/c9-8-10-6-4-2-1-3-5-7(6)11-8/h2,4H,1,3,5H2,(H,10,11). The molecule has 0 atom stereocenters. The summed E-state index contributed by atoms with van der Waals surface area (Å²) in [5.41, 5.74) is 2.18. The third-order valence-corrected chi connectivity index (χ3v) is 2.03. The summed E-state index contributed by atoms with van der Waals surface area (Å²) < 4.78 is 0. The summed E-state index contributed by atoms with van der Waals surface area (Å²) in [5.74, 6) is 0. The molecule has 1 aromatic rings. The Labute approximate surface area is 70.3 Å². The fourth-order valence-corrected chi connectivity index (χ4v) is 1.51. The maximum Gasteiger partial charge on any atom is 0.200 e. The van der Waals surface area contributed by atoms with Crippen molar-refractivity contribution < 1.29 is 0 Å². The molecule has 3 heteroatoms. The zero-order valence-electron chi connectivity index (χ0n) is 6.10. The van der Waals surface area contributed by atoms with Crippen LogP contribution in [0.1, 0.15) is 24.2 Å². The number of H-pyrrole nitrogens is 1. The molecule has 0 aromatic carbocycles. The Morgan fingerprint density at radius 1 is 1.55 bits per heavy atom. The molecule has 0 unspecified atom stereocenters. The molecule has 0 bridgehead atoms. The Kier molecular flexibility index (Phi) is 1.70. The molecule has 0 radical (unpaired) electrons. The van der Waals surface area contributed by atoms with E-state index in [-0.39, 0.29) is 0 Å². The third-order valence-electron chi connectivity index (χ3n) is 1.86. The van der Waals surface area contributed by atoms with Gasteiger partial charge >= 0.3 is 0 Å². The lowest BCUT2D eigenvalue weighted by molar-refractivity contribution is 0.832. The van der Waals surface area contributed by atoms with E-state index >= 15 is 0 Å². The van der Waals surface area contributed by atoms with Gasteiger partial charge in [-0.15, -0.1) is 0 Å². The average Bonchev–Trinajstić information content (AvgIpc) is 2.17. The zero-order chi connectivity index (χ0) is 7.68. The number of imidazole rings is 1. The highest BCUT2D eigenvalue weighted by Crippen LogP contribution is 2.17. The van der Waals surface area contributed by atoms with Gasteiger partial charge in [-0.2, -0.15) is 0 Å². The number of aromatic amines is 1. The molecule has 1 aliphatic carbocycles. The van der Waals surface area contributed by atoms with Gasteiger partial charge in [0.05, 0.1) is 5.69 Å². The molecule has 0 aliphatic heterocycles. The van der Waals surface area contributed by atoms with Gasteiger partial charge in [0.1, 0.15) is 0 Å². The molecular weight excluding hydrogens is 160 g/mol. The lowest BCUT2D eigenvalue weighted by Crippen LogP contribution is -1.84. The average molecular weight is 169 g/mol. The second-order valence-electron chi connectivity index (χ2n) is 2.69. The van der Waals surface area contributed by atoms with Gasteiger partial charge in [-0.3, -0.25) is 0 Å². The summed E-state index contributed by atoms with van der Waals surface area (Å²) in [4.78, 5) is 7.17. The largest absolute Gasteiger partial charge is 0.332 e. The molecule has 11 heavy (non-hydrogen) atoms. The Balaban J connectivity index is 2.44. The highest BCUT2D eigenvalue weighted by molar-refractivity contribution is 6.28. The molecule has 1 aliphatic rings. The van der Waals surface area contributed by atoms with Gasteiger partial charge in [0.15, 0.2) is 0 Å². The van der Waals surface area contributed by atoms with Crippen LogP contribution in [0.15, 0.2) is 6.08 Å². The molecule has 0 amide bonds. The first-order valence-electron chi connectivity index (χ1n) is 3.77. The summed E-state index contributed by atoms with van der Waals surface area (Å²) in [5, 5.41) is 0.501. The minimum Gasteiger partial charge on any atom is -0.332 e. The topological polar surface area (TPSA) is 28.7 Å². The van der Waals surface area contributed by atoms with Crippen LogP contribution in [0, 0.1) is 0 Å². The smallest absolute Gasteiger partial charge is 0.200 e. The second-order valence-corrected chi connectivity index (χ2v) is 3.04. The van der Waals surface area contributed by atoms with E-state index in [0.29, 0.717) is 5.28 Å². The van der Waals surface area contributed by atoms with E-state index in [0.717, 1.165) is 18.5 Å². The summed E-state index contributed by atoms with van der Waals surface area (Å²) in [6, 6.07) is 0. The van der Waals surface area contributed by atoms with Gasteiger partial charge in [0.25, 0.3) is 0 Å². The normalized spacial score (nSPS) is 16.1. The molecule has 0 spiro atoms. The predicted octanol–water partition coefficient (Wildman–Crippen LogP) is 2.41. The minimum absolute atomic E-state index is 0.501. The first-order chi connectivity index (χ1) is 5.36. The van der Waals surface area contributed by atoms with Gasteiger partial charge in [-0.1, -0.05) is 6.08 Å². The van der Waals surface area contributed by atoms with Gasteiger partial charge in [-0.05, 0) is 36.9 Å². The van der Waals surface area contributed by atoms with Gasteiger partial charge in [0, 0.05) is 5.69 Å². The van der Waals surface area contributed by atoms with Crippen molar-refractivity contribution in [1.29, 1.82) is 0 Å². The zero-order valence-corrected chi connectivity index (χ0v) is 6.86. The number of allylic oxidation sites excluding steroid dienone is 1. The highest BCUT2D eigenvalue weighted by Gasteiger charge is 2.07. The molecule has 0 fully saturated rings. The lowest BCUT2D eigenvalue weighted by Gasteiger charge is -1.91. The number of halogens is 1. The van der Waals surface area contributed by atoms with E-state index in [1.807, 2.05) is 6.08 Å². The van der Waals surface area contributed by atoms with Crippen LogP contribution in [0.25, 0.3) is 6.08 Å². The van der Waals surface area contributed by atoms with Crippen molar-refractivity contribution >= 4 is 17.7 Å². The van der Waals surface area contributed by atoms with Gasteiger partial charge in [-0.25, -0.2) is 4.98 Å². The van der Waals surface area contributed by atoms with E-state index in [1.165, 1.54) is 12.1 Å². The van der Waals surface area contributed by atoms with Crippen LogP contribution in [0.3, 0.4) is 0 Å². The fourth-order valence-electron chi connectivity index (χ4n) is 1.31. The fraction of sp³-hybridized carbons (Fsp3) is 0.375. The van der Waals surface area contributed by atoms with Crippen LogP contribution in [0.2, 0.25) is 5.28 Å². The molecule has 58 valence electrons. The van der Waals surface area contributed by atoms with Crippen LogP contribution in [0.4, 0.5) is 0 Å². The van der Waals surface area contributed by atoms with Crippen LogP contribution in [0.5, 0.6) is 0 Å². The first kappa shape index (κ1) is 6.92. The molecule has 1 heterocycles.